The first-order valence-corrected chi connectivity index (χ1v) is 5.86. The van der Waals surface area contributed by atoms with E-state index in [1.54, 1.807) is 52.0 Å². The van der Waals surface area contributed by atoms with E-state index in [1.165, 1.54) is 4.90 Å². The van der Waals surface area contributed by atoms with Crippen LogP contribution in [0.3, 0.4) is 0 Å². The molecular formula is C14H19NO3. The standard InChI is InChI=1S/C14H19NO3/c1-10(15(13(17)18)14(2,3)4)12(16)11-8-6-5-7-9-11/h5-10H,1-4H3,(H,17,18). The lowest BCUT2D eigenvalue weighted by Gasteiger charge is -2.37. The molecule has 0 fully saturated rings. The van der Waals surface area contributed by atoms with Crippen LogP contribution in [0, 0.1) is 0 Å². The summed E-state index contributed by atoms with van der Waals surface area (Å²) in [6, 6.07) is 8.04. The van der Waals surface area contributed by atoms with Crippen LogP contribution in [-0.2, 0) is 0 Å². The lowest BCUT2D eigenvalue weighted by Crippen LogP contribution is -2.52. The van der Waals surface area contributed by atoms with Crippen LogP contribution in [0.25, 0.3) is 0 Å². The Morgan fingerprint density at radius 3 is 2.06 bits per heavy atom. The van der Waals surface area contributed by atoms with Gasteiger partial charge >= 0.3 is 6.09 Å². The van der Waals surface area contributed by atoms with Gasteiger partial charge in [0.05, 0.1) is 6.04 Å². The van der Waals surface area contributed by atoms with Crippen LogP contribution in [0.15, 0.2) is 30.3 Å². The summed E-state index contributed by atoms with van der Waals surface area (Å²) in [4.78, 5) is 24.7. The first-order valence-electron chi connectivity index (χ1n) is 5.86. The van der Waals surface area contributed by atoms with Gasteiger partial charge in [0, 0.05) is 11.1 Å². The number of hydrogen-bond donors (Lipinski definition) is 1. The summed E-state index contributed by atoms with van der Waals surface area (Å²) in [5.41, 5.74) is -0.0871. The molecule has 0 bridgehead atoms. The Balaban J connectivity index is 3.02. The third kappa shape index (κ3) is 3.09. The van der Waals surface area contributed by atoms with Crippen molar-refractivity contribution in [3.8, 4) is 0 Å². The zero-order valence-corrected chi connectivity index (χ0v) is 11.2. The predicted molar refractivity (Wildman–Crippen MR) is 69.9 cm³/mol. The molecule has 0 radical (unpaired) electrons. The van der Waals surface area contributed by atoms with Crippen molar-refractivity contribution >= 4 is 11.9 Å². The van der Waals surface area contributed by atoms with Crippen molar-refractivity contribution in [2.75, 3.05) is 0 Å². The van der Waals surface area contributed by atoms with Crippen molar-refractivity contribution in [1.82, 2.24) is 4.90 Å². The van der Waals surface area contributed by atoms with Crippen LogP contribution in [0.4, 0.5) is 4.79 Å². The van der Waals surface area contributed by atoms with Gasteiger partial charge in [-0.1, -0.05) is 30.3 Å². The molecule has 0 saturated carbocycles. The fourth-order valence-corrected chi connectivity index (χ4v) is 1.99. The number of carbonyl (C=O) groups is 2. The van der Waals surface area contributed by atoms with E-state index in [-0.39, 0.29) is 5.78 Å². The SMILES string of the molecule is CC(C(=O)c1ccccc1)N(C(=O)O)C(C)(C)C. The second-order valence-electron chi connectivity index (χ2n) is 5.23. The maximum atomic E-state index is 12.2. The van der Waals surface area contributed by atoms with Crippen LogP contribution in [0.1, 0.15) is 38.1 Å². The van der Waals surface area contributed by atoms with Crippen LogP contribution in [0.5, 0.6) is 0 Å². The molecule has 0 heterocycles. The first kappa shape index (κ1) is 14.2. The highest BCUT2D eigenvalue weighted by atomic mass is 16.4. The Bertz CT molecular complexity index is 434. The number of amides is 1. The molecule has 1 atom stereocenters. The maximum absolute atomic E-state index is 12.2. The van der Waals surface area contributed by atoms with Gasteiger partial charge in [-0.25, -0.2) is 4.79 Å². The molecule has 1 unspecified atom stereocenters. The minimum absolute atomic E-state index is 0.187. The lowest BCUT2D eigenvalue weighted by molar-refractivity contribution is 0.0589. The average Bonchev–Trinajstić information content (AvgIpc) is 2.26. The lowest BCUT2D eigenvalue weighted by atomic mass is 9.98. The van der Waals surface area contributed by atoms with E-state index in [1.807, 2.05) is 6.07 Å². The van der Waals surface area contributed by atoms with Crippen molar-refractivity contribution in [2.24, 2.45) is 0 Å². The predicted octanol–water partition coefficient (Wildman–Crippen LogP) is 3.04. The average molecular weight is 249 g/mol. The summed E-state index contributed by atoms with van der Waals surface area (Å²) < 4.78 is 0. The quantitative estimate of drug-likeness (QED) is 0.838. The summed E-state index contributed by atoms with van der Waals surface area (Å²) in [7, 11) is 0. The molecule has 1 amide bonds. The number of carbonyl (C=O) groups excluding carboxylic acids is 1. The van der Waals surface area contributed by atoms with Gasteiger partial charge in [0.15, 0.2) is 5.78 Å². The van der Waals surface area contributed by atoms with E-state index in [9.17, 15) is 14.7 Å². The molecule has 0 aliphatic rings. The van der Waals surface area contributed by atoms with Gasteiger partial charge in [-0.2, -0.15) is 0 Å². The van der Waals surface area contributed by atoms with Gasteiger partial charge in [0.2, 0.25) is 0 Å². The van der Waals surface area contributed by atoms with Crippen molar-refractivity contribution in [1.29, 1.82) is 0 Å². The van der Waals surface area contributed by atoms with Gasteiger partial charge in [-0.15, -0.1) is 0 Å². The zero-order chi connectivity index (χ0) is 13.9. The van der Waals surface area contributed by atoms with Crippen molar-refractivity contribution in [2.45, 2.75) is 39.3 Å². The zero-order valence-electron chi connectivity index (χ0n) is 11.2. The maximum Gasteiger partial charge on any atom is 0.408 e. The minimum atomic E-state index is -1.08. The third-order valence-electron chi connectivity index (χ3n) is 2.75. The van der Waals surface area contributed by atoms with Gasteiger partial charge in [0.1, 0.15) is 0 Å². The van der Waals surface area contributed by atoms with Crippen molar-refractivity contribution < 1.29 is 14.7 Å². The number of rotatable bonds is 3. The molecule has 1 rings (SSSR count). The molecule has 4 heteroatoms. The van der Waals surface area contributed by atoms with E-state index in [0.29, 0.717) is 5.56 Å². The molecule has 1 aromatic rings. The Labute approximate surface area is 107 Å². The number of ketones is 1. The monoisotopic (exact) mass is 249 g/mol. The molecule has 4 nitrogen and oxygen atoms in total. The van der Waals surface area contributed by atoms with Crippen LogP contribution >= 0.6 is 0 Å². The highest BCUT2D eigenvalue weighted by Crippen LogP contribution is 2.20. The summed E-state index contributed by atoms with van der Waals surface area (Å²) in [6.45, 7) is 6.94. The van der Waals surface area contributed by atoms with Gasteiger partial charge in [-0.3, -0.25) is 9.69 Å². The second-order valence-corrected chi connectivity index (χ2v) is 5.23. The topological polar surface area (TPSA) is 57.6 Å². The van der Waals surface area contributed by atoms with Crippen LogP contribution in [-0.4, -0.2) is 33.5 Å². The summed E-state index contributed by atoms with van der Waals surface area (Å²) in [5, 5.41) is 9.25. The van der Waals surface area contributed by atoms with Crippen molar-refractivity contribution in [3.63, 3.8) is 0 Å². The number of hydrogen-bond acceptors (Lipinski definition) is 2. The largest absolute Gasteiger partial charge is 0.465 e. The van der Waals surface area contributed by atoms with E-state index >= 15 is 0 Å². The Hall–Kier alpha value is -1.84. The molecule has 0 saturated heterocycles. The smallest absolute Gasteiger partial charge is 0.408 e. The molecule has 18 heavy (non-hydrogen) atoms. The van der Waals surface area contributed by atoms with Gasteiger partial charge < -0.3 is 5.11 Å². The summed E-state index contributed by atoms with van der Waals surface area (Å²) >= 11 is 0. The van der Waals surface area contributed by atoms with Crippen LogP contribution in [0.2, 0.25) is 0 Å². The Morgan fingerprint density at radius 1 is 1.17 bits per heavy atom. The normalized spacial score (nSPS) is 12.9. The van der Waals surface area contributed by atoms with Crippen molar-refractivity contribution in [3.05, 3.63) is 35.9 Å². The third-order valence-corrected chi connectivity index (χ3v) is 2.75. The summed E-state index contributed by atoms with van der Waals surface area (Å²) in [5.74, 6) is -0.187. The van der Waals surface area contributed by atoms with Gasteiger partial charge in [-0.05, 0) is 27.7 Å². The second kappa shape index (κ2) is 5.21. The van der Waals surface area contributed by atoms with E-state index in [0.717, 1.165) is 0 Å². The van der Waals surface area contributed by atoms with Gasteiger partial charge in [0.25, 0.3) is 0 Å². The number of carboxylic acid groups (broad SMARTS) is 1. The highest BCUT2D eigenvalue weighted by Gasteiger charge is 2.34. The minimum Gasteiger partial charge on any atom is -0.465 e. The number of benzene rings is 1. The molecule has 98 valence electrons. The Kier molecular flexibility index (Phi) is 4.11. The van der Waals surface area contributed by atoms with Crippen LogP contribution < -0.4 is 0 Å². The summed E-state index contributed by atoms with van der Waals surface area (Å²) in [6.07, 6.45) is -1.08. The fourth-order valence-electron chi connectivity index (χ4n) is 1.99. The highest BCUT2D eigenvalue weighted by molar-refractivity contribution is 6.01. The fraction of sp³-hybridized carbons (Fsp3) is 0.429. The van der Waals surface area contributed by atoms with E-state index in [4.69, 9.17) is 0 Å². The molecule has 0 aliphatic heterocycles. The number of Topliss-reactive ketones (excluding diaryl/α,β-unsaturated/α-hetero) is 1. The molecule has 0 aromatic heterocycles. The van der Waals surface area contributed by atoms with E-state index in [2.05, 4.69) is 0 Å². The first-order chi connectivity index (χ1) is 8.25. The molecule has 0 aliphatic carbocycles. The molecular weight excluding hydrogens is 230 g/mol. The Morgan fingerprint density at radius 2 is 1.67 bits per heavy atom. The molecule has 1 N–H and O–H groups in total. The molecule has 0 spiro atoms. The van der Waals surface area contributed by atoms with E-state index < -0.39 is 17.7 Å². The molecule has 1 aromatic carbocycles. The number of nitrogens with zero attached hydrogens (tertiary/aromatic N) is 1.